The lowest BCUT2D eigenvalue weighted by Gasteiger charge is -2.38. The van der Waals surface area contributed by atoms with Crippen LogP contribution in [0.25, 0.3) is 0 Å². The molecule has 1 spiro atoms. The molecule has 200 valence electrons. The summed E-state index contributed by atoms with van der Waals surface area (Å²) >= 11 is 0. The van der Waals surface area contributed by atoms with E-state index in [1.807, 2.05) is 0 Å². The lowest BCUT2D eigenvalue weighted by Crippen LogP contribution is -2.49. The highest BCUT2D eigenvalue weighted by molar-refractivity contribution is 5.68. The molecule has 2 aliphatic rings. The topological polar surface area (TPSA) is 95.6 Å². The van der Waals surface area contributed by atoms with Crippen molar-refractivity contribution in [3.8, 4) is 5.75 Å². The first kappa shape index (κ1) is 27.6. The van der Waals surface area contributed by atoms with Gasteiger partial charge in [0.2, 0.25) is 6.10 Å². The Morgan fingerprint density at radius 1 is 1.28 bits per heavy atom. The Hall–Kier alpha value is -2.99. The van der Waals surface area contributed by atoms with E-state index in [-0.39, 0.29) is 39.0 Å². The second-order valence-corrected chi connectivity index (χ2v) is 8.69. The number of ether oxygens (including phenoxy) is 5. The van der Waals surface area contributed by atoms with Crippen molar-refractivity contribution in [3.63, 3.8) is 0 Å². The maximum absolute atomic E-state index is 13.5. The van der Waals surface area contributed by atoms with Gasteiger partial charge in [-0.05, 0) is 37.0 Å². The number of carbonyl (C=O) groups excluding carboxylic acids is 2. The molecule has 1 unspecified atom stereocenters. The molecule has 1 N–H and O–H groups in total. The van der Waals surface area contributed by atoms with Gasteiger partial charge in [-0.1, -0.05) is 24.8 Å². The van der Waals surface area contributed by atoms with Gasteiger partial charge in [0.05, 0.1) is 38.6 Å². The third-order valence-electron chi connectivity index (χ3n) is 6.10. The van der Waals surface area contributed by atoms with Crippen LogP contribution in [0.3, 0.4) is 0 Å². The number of carbonyl (C=O) groups is 2. The predicted molar refractivity (Wildman–Crippen MR) is 122 cm³/mol. The van der Waals surface area contributed by atoms with Crippen LogP contribution in [-0.4, -0.2) is 81.0 Å². The van der Waals surface area contributed by atoms with Gasteiger partial charge in [0.15, 0.2) is 0 Å². The molecule has 0 aliphatic carbocycles. The number of nitrogens with one attached hydrogen (secondary N) is 1. The number of amides is 2. The summed E-state index contributed by atoms with van der Waals surface area (Å²) < 4.78 is 66.2. The number of benzene rings is 1. The first-order valence-corrected chi connectivity index (χ1v) is 11.6. The number of halogens is 3. The molecule has 2 fully saturated rings. The molecule has 2 amide bonds. The van der Waals surface area contributed by atoms with E-state index in [0.29, 0.717) is 30.6 Å². The molecular weight excluding hydrogens is 485 g/mol. The lowest BCUT2D eigenvalue weighted by molar-refractivity contribution is -0.220. The molecule has 2 aliphatic heterocycles. The van der Waals surface area contributed by atoms with E-state index in [1.54, 1.807) is 24.3 Å². The molecule has 2 heterocycles. The van der Waals surface area contributed by atoms with Crippen LogP contribution in [0.4, 0.5) is 22.8 Å². The van der Waals surface area contributed by atoms with Crippen LogP contribution in [-0.2, 0) is 25.6 Å². The smallest absolute Gasteiger partial charge is 0.427 e. The maximum atomic E-state index is 13.5. The van der Waals surface area contributed by atoms with E-state index >= 15 is 0 Å². The predicted octanol–water partition coefficient (Wildman–Crippen LogP) is 3.82. The fourth-order valence-corrected chi connectivity index (χ4v) is 4.12. The van der Waals surface area contributed by atoms with Crippen molar-refractivity contribution in [1.29, 1.82) is 0 Å². The fraction of sp³-hybridized carbons (Fsp3) is 0.583. The van der Waals surface area contributed by atoms with Crippen molar-refractivity contribution in [2.24, 2.45) is 0 Å². The van der Waals surface area contributed by atoms with Crippen LogP contribution >= 0.6 is 0 Å². The van der Waals surface area contributed by atoms with Gasteiger partial charge in [0.1, 0.15) is 12.4 Å². The van der Waals surface area contributed by atoms with Crippen molar-refractivity contribution in [3.05, 3.63) is 42.5 Å². The Bertz CT molecular complexity index is 887. The van der Waals surface area contributed by atoms with E-state index in [4.69, 9.17) is 23.7 Å². The zero-order chi connectivity index (χ0) is 26.2. The highest BCUT2D eigenvalue weighted by Gasteiger charge is 2.47. The zero-order valence-electron chi connectivity index (χ0n) is 20.1. The first-order valence-electron chi connectivity index (χ1n) is 11.6. The van der Waals surface area contributed by atoms with Crippen LogP contribution in [0.15, 0.2) is 36.9 Å². The Kier molecular flexibility index (Phi) is 9.43. The van der Waals surface area contributed by atoms with E-state index in [2.05, 4.69) is 11.9 Å². The number of hydrogen-bond donors (Lipinski definition) is 1. The summed E-state index contributed by atoms with van der Waals surface area (Å²) in [5.41, 5.74) is 0.0978. The third-order valence-corrected chi connectivity index (χ3v) is 6.10. The highest BCUT2D eigenvalue weighted by Crippen LogP contribution is 2.36. The van der Waals surface area contributed by atoms with Gasteiger partial charge in [0.25, 0.3) is 0 Å². The van der Waals surface area contributed by atoms with E-state index in [1.165, 1.54) is 18.1 Å². The van der Waals surface area contributed by atoms with Crippen molar-refractivity contribution < 1.29 is 46.4 Å². The van der Waals surface area contributed by atoms with E-state index in [9.17, 15) is 22.8 Å². The molecular formula is C24H31F3N2O7. The molecule has 0 bridgehead atoms. The van der Waals surface area contributed by atoms with Crippen molar-refractivity contribution >= 4 is 12.2 Å². The molecule has 1 aromatic rings. The van der Waals surface area contributed by atoms with Gasteiger partial charge in [-0.3, -0.25) is 0 Å². The Morgan fingerprint density at radius 2 is 1.97 bits per heavy atom. The summed E-state index contributed by atoms with van der Waals surface area (Å²) in [7, 11) is 1.51. The van der Waals surface area contributed by atoms with E-state index in [0.717, 1.165) is 0 Å². The molecule has 0 radical (unpaired) electrons. The van der Waals surface area contributed by atoms with Gasteiger partial charge < -0.3 is 33.9 Å². The van der Waals surface area contributed by atoms with Gasteiger partial charge in [0, 0.05) is 13.1 Å². The normalized spacial score (nSPS) is 20.0. The second-order valence-electron chi connectivity index (χ2n) is 8.69. The minimum absolute atomic E-state index is 0.0754. The maximum Gasteiger partial charge on any atom is 0.427 e. The summed E-state index contributed by atoms with van der Waals surface area (Å²) in [4.78, 5) is 25.4. The molecule has 2 saturated heterocycles. The highest BCUT2D eigenvalue weighted by atomic mass is 19.4. The number of alkyl carbamates (subject to hydrolysis) is 1. The van der Waals surface area contributed by atoms with Crippen LogP contribution in [0.2, 0.25) is 0 Å². The first-order chi connectivity index (χ1) is 17.1. The summed E-state index contributed by atoms with van der Waals surface area (Å²) in [6.45, 7) is 3.29. The molecule has 3 rings (SSSR count). The lowest BCUT2D eigenvalue weighted by atomic mass is 9.87. The Morgan fingerprint density at radius 3 is 2.58 bits per heavy atom. The molecule has 9 nitrogen and oxygen atoms in total. The van der Waals surface area contributed by atoms with Gasteiger partial charge in [-0.2, -0.15) is 13.2 Å². The third kappa shape index (κ3) is 7.76. The molecule has 2 atom stereocenters. The SMILES string of the molecule is C=CCOC(=O)NC1COC2(CCN(C(=O)O[C@H](COCc3ccc(OC)cc3)C(F)(F)F)CC2)C1. The number of rotatable bonds is 9. The number of hydrogen-bond acceptors (Lipinski definition) is 7. The number of piperidine rings is 1. The van der Waals surface area contributed by atoms with E-state index < -0.39 is 36.7 Å². The average Bonchev–Trinajstić information content (AvgIpc) is 3.23. The fourth-order valence-electron chi connectivity index (χ4n) is 4.12. The number of alkyl halides is 3. The number of likely N-dealkylation sites (tertiary alicyclic amines) is 1. The second kappa shape index (κ2) is 12.3. The van der Waals surface area contributed by atoms with Crippen molar-refractivity contribution in [2.45, 2.75) is 49.8 Å². The van der Waals surface area contributed by atoms with Crippen LogP contribution in [0.1, 0.15) is 24.8 Å². The summed E-state index contributed by atoms with van der Waals surface area (Å²) in [6.07, 6.45) is -6.01. The van der Waals surface area contributed by atoms with Gasteiger partial charge in [-0.25, -0.2) is 9.59 Å². The summed E-state index contributed by atoms with van der Waals surface area (Å²) in [5, 5.41) is 2.71. The molecule has 36 heavy (non-hydrogen) atoms. The van der Waals surface area contributed by atoms with Crippen molar-refractivity contribution in [2.75, 3.05) is 40.0 Å². The number of nitrogens with zero attached hydrogens (tertiary/aromatic N) is 1. The summed E-state index contributed by atoms with van der Waals surface area (Å²) in [6, 6.07) is 6.44. The molecule has 0 aromatic heterocycles. The average molecular weight is 517 g/mol. The Labute approximate surface area is 207 Å². The summed E-state index contributed by atoms with van der Waals surface area (Å²) in [5.74, 6) is 0.616. The largest absolute Gasteiger partial charge is 0.497 e. The molecule has 1 aromatic carbocycles. The van der Waals surface area contributed by atoms with Crippen LogP contribution in [0, 0.1) is 0 Å². The minimum atomic E-state index is -4.78. The minimum Gasteiger partial charge on any atom is -0.497 e. The molecule has 12 heteroatoms. The van der Waals surface area contributed by atoms with Crippen molar-refractivity contribution in [1.82, 2.24) is 10.2 Å². The zero-order valence-corrected chi connectivity index (χ0v) is 20.1. The number of methoxy groups -OCH3 is 1. The van der Waals surface area contributed by atoms with Crippen LogP contribution in [0.5, 0.6) is 5.75 Å². The van der Waals surface area contributed by atoms with Gasteiger partial charge >= 0.3 is 18.4 Å². The Balaban J connectivity index is 1.45. The van der Waals surface area contributed by atoms with Gasteiger partial charge in [-0.15, -0.1) is 0 Å². The molecule has 0 saturated carbocycles. The quantitative estimate of drug-likeness (QED) is 0.499. The monoisotopic (exact) mass is 516 g/mol. The standard InChI is InChI=1S/C24H31F3N2O7/c1-3-12-34-21(30)28-18-13-23(35-15-18)8-10-29(11-9-23)22(31)36-20(24(25,26)27)16-33-14-17-4-6-19(32-2)7-5-17/h3-7,18,20H,1,8-16H2,2H3,(H,28,30)/t18?,20-/m1/s1. The van der Waals surface area contributed by atoms with Crippen LogP contribution < -0.4 is 10.1 Å².